The molecule has 1 unspecified atom stereocenters. The van der Waals surface area contributed by atoms with E-state index in [4.69, 9.17) is 0 Å². The molecule has 0 saturated carbocycles. The maximum absolute atomic E-state index is 12.6. The summed E-state index contributed by atoms with van der Waals surface area (Å²) in [4.78, 5) is 38.0. The standard InChI is InChI=1S/C32H46N2O4/c1-3-5-6-7-8-9-10-11-12-13-17-24-33-30(35)28-22-20-26(21-23-28)25-34(31(36)32(37)38)29(4-2)27-18-15-14-16-19-27/h14-16,18-23,29H,3-13,17,24-25H2,1-2H3,(H,33,35)(H,37,38). The summed E-state index contributed by atoms with van der Waals surface area (Å²) in [6.45, 7) is 4.99. The molecule has 0 aliphatic carbocycles. The quantitative estimate of drug-likeness (QED) is 0.159. The van der Waals surface area contributed by atoms with Gasteiger partial charge in [-0.1, -0.05) is 121 Å². The molecule has 2 aromatic carbocycles. The van der Waals surface area contributed by atoms with Crippen LogP contribution in [0.1, 0.15) is 118 Å². The predicted molar refractivity (Wildman–Crippen MR) is 153 cm³/mol. The first-order valence-corrected chi connectivity index (χ1v) is 14.4. The summed E-state index contributed by atoms with van der Waals surface area (Å²) in [7, 11) is 0. The van der Waals surface area contributed by atoms with E-state index in [9.17, 15) is 19.5 Å². The zero-order valence-corrected chi connectivity index (χ0v) is 23.3. The lowest BCUT2D eigenvalue weighted by Gasteiger charge is -2.30. The number of carbonyl (C=O) groups excluding carboxylic acids is 2. The number of nitrogens with zero attached hydrogens (tertiary/aromatic N) is 1. The van der Waals surface area contributed by atoms with E-state index >= 15 is 0 Å². The van der Waals surface area contributed by atoms with Gasteiger partial charge in [-0.15, -0.1) is 0 Å². The van der Waals surface area contributed by atoms with Crippen molar-refractivity contribution in [1.29, 1.82) is 0 Å². The van der Waals surface area contributed by atoms with Crippen LogP contribution in [0.4, 0.5) is 0 Å². The highest BCUT2D eigenvalue weighted by atomic mass is 16.4. The van der Waals surface area contributed by atoms with E-state index < -0.39 is 11.9 Å². The summed E-state index contributed by atoms with van der Waals surface area (Å²) in [6, 6.07) is 16.1. The lowest BCUT2D eigenvalue weighted by atomic mass is 10.0. The normalized spacial score (nSPS) is 11.6. The molecule has 2 rings (SSSR count). The van der Waals surface area contributed by atoms with E-state index in [-0.39, 0.29) is 18.5 Å². The molecule has 0 fully saturated rings. The van der Waals surface area contributed by atoms with Crippen LogP contribution >= 0.6 is 0 Å². The highest BCUT2D eigenvalue weighted by Gasteiger charge is 2.28. The molecule has 2 aromatic rings. The Kier molecular flexibility index (Phi) is 14.8. The summed E-state index contributed by atoms with van der Waals surface area (Å²) in [6.07, 6.45) is 14.6. The molecule has 38 heavy (non-hydrogen) atoms. The van der Waals surface area contributed by atoms with Gasteiger partial charge in [0.15, 0.2) is 0 Å². The van der Waals surface area contributed by atoms with Gasteiger partial charge in [0.2, 0.25) is 0 Å². The number of rotatable bonds is 18. The number of carboxylic acid groups (broad SMARTS) is 1. The Labute approximate surface area is 228 Å². The van der Waals surface area contributed by atoms with Crippen LogP contribution in [0.2, 0.25) is 0 Å². The molecule has 208 valence electrons. The predicted octanol–water partition coefficient (Wildman–Crippen LogP) is 7.29. The number of hydrogen-bond donors (Lipinski definition) is 2. The highest BCUT2D eigenvalue weighted by molar-refractivity contribution is 6.31. The highest BCUT2D eigenvalue weighted by Crippen LogP contribution is 2.26. The lowest BCUT2D eigenvalue weighted by molar-refractivity contribution is -0.157. The molecular weight excluding hydrogens is 476 g/mol. The molecule has 1 atom stereocenters. The average Bonchev–Trinajstić information content (AvgIpc) is 2.94. The molecule has 0 spiro atoms. The van der Waals surface area contributed by atoms with E-state index in [1.807, 2.05) is 37.3 Å². The second-order valence-electron chi connectivity index (χ2n) is 10.1. The number of benzene rings is 2. The Hall–Kier alpha value is -3.15. The van der Waals surface area contributed by atoms with Gasteiger partial charge in [0.25, 0.3) is 5.91 Å². The molecule has 2 N–H and O–H groups in total. The molecule has 2 amide bonds. The molecule has 0 bridgehead atoms. The number of carboxylic acids is 1. The summed E-state index contributed by atoms with van der Waals surface area (Å²) in [5, 5.41) is 12.4. The molecule has 0 aliphatic rings. The van der Waals surface area contributed by atoms with Crippen LogP contribution in [0.15, 0.2) is 54.6 Å². The third-order valence-electron chi connectivity index (χ3n) is 7.03. The van der Waals surface area contributed by atoms with Gasteiger partial charge in [-0.2, -0.15) is 0 Å². The Balaban J connectivity index is 1.78. The lowest BCUT2D eigenvalue weighted by Crippen LogP contribution is -2.38. The first-order valence-electron chi connectivity index (χ1n) is 14.4. The van der Waals surface area contributed by atoms with E-state index in [0.29, 0.717) is 18.5 Å². The Morgan fingerprint density at radius 1 is 0.763 bits per heavy atom. The smallest absolute Gasteiger partial charge is 0.394 e. The van der Waals surface area contributed by atoms with Gasteiger partial charge in [-0.05, 0) is 36.1 Å². The largest absolute Gasteiger partial charge is 0.474 e. The number of aliphatic carboxylic acids is 1. The van der Waals surface area contributed by atoms with Crippen LogP contribution in [0.25, 0.3) is 0 Å². The van der Waals surface area contributed by atoms with Gasteiger partial charge >= 0.3 is 11.9 Å². The van der Waals surface area contributed by atoms with Crippen molar-refractivity contribution in [2.75, 3.05) is 6.54 Å². The van der Waals surface area contributed by atoms with Crippen molar-refractivity contribution in [3.05, 3.63) is 71.3 Å². The van der Waals surface area contributed by atoms with Crippen molar-refractivity contribution in [2.24, 2.45) is 0 Å². The number of unbranched alkanes of at least 4 members (excludes halogenated alkanes) is 10. The minimum Gasteiger partial charge on any atom is -0.474 e. The summed E-state index contributed by atoms with van der Waals surface area (Å²) >= 11 is 0. The minimum absolute atomic E-state index is 0.113. The average molecular weight is 523 g/mol. The Bertz CT molecular complexity index is 959. The van der Waals surface area contributed by atoms with Crippen LogP contribution in [0.5, 0.6) is 0 Å². The van der Waals surface area contributed by atoms with Crippen molar-refractivity contribution in [2.45, 2.75) is 103 Å². The molecule has 0 radical (unpaired) electrons. The third-order valence-corrected chi connectivity index (χ3v) is 7.03. The fraction of sp³-hybridized carbons (Fsp3) is 0.531. The van der Waals surface area contributed by atoms with Gasteiger partial charge in [-0.25, -0.2) is 4.79 Å². The van der Waals surface area contributed by atoms with Crippen molar-refractivity contribution >= 4 is 17.8 Å². The Morgan fingerprint density at radius 2 is 1.32 bits per heavy atom. The van der Waals surface area contributed by atoms with Crippen LogP contribution in [0, 0.1) is 0 Å². The van der Waals surface area contributed by atoms with Gasteiger partial charge in [0.1, 0.15) is 0 Å². The molecule has 6 heteroatoms. The maximum atomic E-state index is 12.6. The minimum atomic E-state index is -1.47. The summed E-state index contributed by atoms with van der Waals surface area (Å²) in [5.41, 5.74) is 2.22. The third kappa shape index (κ3) is 11.1. The first-order chi connectivity index (χ1) is 18.5. The number of amides is 2. The topological polar surface area (TPSA) is 86.7 Å². The van der Waals surface area contributed by atoms with Gasteiger partial charge in [0, 0.05) is 18.7 Å². The number of nitrogens with one attached hydrogen (secondary N) is 1. The number of hydrogen-bond acceptors (Lipinski definition) is 3. The maximum Gasteiger partial charge on any atom is 0.394 e. The zero-order valence-electron chi connectivity index (χ0n) is 23.3. The van der Waals surface area contributed by atoms with Crippen molar-refractivity contribution in [3.63, 3.8) is 0 Å². The van der Waals surface area contributed by atoms with Gasteiger partial charge < -0.3 is 15.3 Å². The van der Waals surface area contributed by atoms with E-state index in [1.54, 1.807) is 24.3 Å². The molecule has 6 nitrogen and oxygen atoms in total. The van der Waals surface area contributed by atoms with Crippen LogP contribution < -0.4 is 5.32 Å². The summed E-state index contributed by atoms with van der Waals surface area (Å²) in [5.74, 6) is -2.52. The fourth-order valence-electron chi connectivity index (χ4n) is 4.81. The fourth-order valence-corrected chi connectivity index (χ4v) is 4.81. The summed E-state index contributed by atoms with van der Waals surface area (Å²) < 4.78 is 0. The van der Waals surface area contributed by atoms with Gasteiger partial charge in [0.05, 0.1) is 6.04 Å². The number of carbonyl (C=O) groups is 3. The van der Waals surface area contributed by atoms with Gasteiger partial charge in [-0.3, -0.25) is 9.59 Å². The van der Waals surface area contributed by atoms with Crippen molar-refractivity contribution in [1.82, 2.24) is 10.2 Å². The Morgan fingerprint density at radius 3 is 1.84 bits per heavy atom. The molecule has 0 aliphatic heterocycles. The molecule has 0 heterocycles. The van der Waals surface area contributed by atoms with Crippen LogP contribution in [-0.2, 0) is 16.1 Å². The molecular formula is C32H46N2O4. The SMILES string of the molecule is CCCCCCCCCCCCCNC(=O)c1ccc(CN(C(=O)C(=O)O)C(CC)c2ccccc2)cc1. The second-order valence-corrected chi connectivity index (χ2v) is 10.1. The van der Waals surface area contributed by atoms with E-state index in [0.717, 1.165) is 24.0 Å². The first kappa shape index (κ1) is 31.1. The van der Waals surface area contributed by atoms with E-state index in [1.165, 1.54) is 62.7 Å². The molecule has 0 saturated heterocycles. The zero-order chi connectivity index (χ0) is 27.6. The monoisotopic (exact) mass is 522 g/mol. The second kappa shape index (κ2) is 18.2. The van der Waals surface area contributed by atoms with Crippen molar-refractivity contribution in [3.8, 4) is 0 Å². The van der Waals surface area contributed by atoms with Crippen molar-refractivity contribution < 1.29 is 19.5 Å². The van der Waals surface area contributed by atoms with E-state index in [2.05, 4.69) is 12.2 Å². The van der Waals surface area contributed by atoms with Crippen LogP contribution in [-0.4, -0.2) is 34.3 Å². The molecule has 0 aromatic heterocycles. The van der Waals surface area contributed by atoms with Crippen LogP contribution in [0.3, 0.4) is 0 Å².